The minimum absolute atomic E-state index is 0.717. The number of thiophene rings is 1. The molecule has 0 radical (unpaired) electrons. The summed E-state index contributed by atoms with van der Waals surface area (Å²) < 4.78 is 6.77. The Kier molecular flexibility index (Phi) is 3.91. The summed E-state index contributed by atoms with van der Waals surface area (Å²) in [5, 5.41) is 0. The van der Waals surface area contributed by atoms with E-state index in [-0.39, 0.29) is 0 Å². The van der Waals surface area contributed by atoms with Gasteiger partial charge in [-0.05, 0) is 55.1 Å². The zero-order valence-electron chi connectivity index (χ0n) is 9.40. The van der Waals surface area contributed by atoms with Crippen molar-refractivity contribution in [3.8, 4) is 16.2 Å². The van der Waals surface area contributed by atoms with Crippen molar-refractivity contribution in [1.29, 1.82) is 0 Å². The first-order chi connectivity index (χ1) is 7.83. The van der Waals surface area contributed by atoms with Crippen molar-refractivity contribution in [2.75, 3.05) is 12.9 Å². The van der Waals surface area contributed by atoms with Crippen LogP contribution in [0.2, 0.25) is 0 Å². The first-order valence-electron chi connectivity index (χ1n) is 5.20. The van der Waals surface area contributed by atoms with Crippen LogP contribution in [0.4, 0.5) is 0 Å². The average molecular weight is 250 g/mol. The van der Waals surface area contributed by atoms with Crippen molar-refractivity contribution in [3.05, 3.63) is 36.4 Å². The summed E-state index contributed by atoms with van der Waals surface area (Å²) in [6, 6.07) is 12.6. The molecular formula is C13H14OS2. The predicted molar refractivity (Wildman–Crippen MR) is 72.7 cm³/mol. The highest BCUT2D eigenvalue weighted by molar-refractivity contribution is 8.00. The van der Waals surface area contributed by atoms with E-state index in [0.29, 0.717) is 0 Å². The Hall–Kier alpha value is -0.930. The summed E-state index contributed by atoms with van der Waals surface area (Å²) in [5.41, 5.74) is 1.26. The molecule has 1 aromatic heterocycles. The molecule has 3 heteroatoms. The maximum Gasteiger partial charge on any atom is 0.119 e. The van der Waals surface area contributed by atoms with Crippen LogP contribution >= 0.6 is 23.1 Å². The van der Waals surface area contributed by atoms with Gasteiger partial charge >= 0.3 is 0 Å². The fourth-order valence-corrected chi connectivity index (χ4v) is 3.02. The molecule has 0 fully saturated rings. The van der Waals surface area contributed by atoms with E-state index < -0.39 is 0 Å². The van der Waals surface area contributed by atoms with Gasteiger partial charge in [0.1, 0.15) is 5.75 Å². The first-order valence-corrected chi connectivity index (χ1v) is 7.24. The van der Waals surface area contributed by atoms with Crippen LogP contribution in [0.5, 0.6) is 5.75 Å². The number of ether oxygens (including phenoxy) is 1. The maximum absolute atomic E-state index is 5.42. The molecule has 0 aliphatic carbocycles. The van der Waals surface area contributed by atoms with Crippen molar-refractivity contribution in [3.63, 3.8) is 0 Å². The van der Waals surface area contributed by atoms with E-state index in [9.17, 15) is 0 Å². The molecule has 1 aromatic carbocycles. The van der Waals surface area contributed by atoms with E-state index in [2.05, 4.69) is 30.5 Å². The molecule has 1 nitrogen and oxygen atoms in total. The van der Waals surface area contributed by atoms with Gasteiger partial charge < -0.3 is 4.74 Å². The van der Waals surface area contributed by atoms with E-state index >= 15 is 0 Å². The van der Waals surface area contributed by atoms with Crippen LogP contribution in [0, 0.1) is 0 Å². The van der Waals surface area contributed by atoms with Gasteiger partial charge in [0.2, 0.25) is 0 Å². The summed E-state index contributed by atoms with van der Waals surface area (Å²) in [6.45, 7) is 2.72. The predicted octanol–water partition coefficient (Wildman–Crippen LogP) is 4.54. The maximum atomic E-state index is 5.42. The van der Waals surface area contributed by atoms with Crippen LogP contribution in [-0.4, -0.2) is 12.9 Å². The zero-order valence-corrected chi connectivity index (χ0v) is 11.0. The summed E-state index contributed by atoms with van der Waals surface area (Å²) in [5.74, 6) is 0.938. The smallest absolute Gasteiger partial charge is 0.119 e. The summed E-state index contributed by atoms with van der Waals surface area (Å²) in [7, 11) is 0. The van der Waals surface area contributed by atoms with Crippen molar-refractivity contribution in [1.82, 2.24) is 0 Å². The van der Waals surface area contributed by atoms with E-state index in [0.717, 1.165) is 12.4 Å². The summed E-state index contributed by atoms with van der Waals surface area (Å²) in [4.78, 5) is 1.31. The standard InChI is InChI=1S/C13H14OS2/c1-3-14-11-6-4-10(5-7-11)12-8-9-13(15-2)16-12/h4-9H,3H2,1-2H3. The van der Waals surface area contributed by atoms with Crippen molar-refractivity contribution >= 4 is 23.1 Å². The molecule has 0 aliphatic heterocycles. The Bertz CT molecular complexity index is 445. The van der Waals surface area contributed by atoms with Gasteiger partial charge in [-0.1, -0.05) is 0 Å². The minimum Gasteiger partial charge on any atom is -0.494 e. The second-order valence-corrected chi connectivity index (χ2v) is 5.47. The molecule has 0 aliphatic rings. The fourth-order valence-electron chi connectivity index (χ4n) is 1.47. The molecule has 2 aromatic rings. The molecule has 1 heterocycles. The lowest BCUT2D eigenvalue weighted by Crippen LogP contribution is -1.90. The lowest BCUT2D eigenvalue weighted by atomic mass is 10.2. The Balaban J connectivity index is 2.20. The minimum atomic E-state index is 0.717. The second kappa shape index (κ2) is 5.41. The monoisotopic (exact) mass is 250 g/mol. The van der Waals surface area contributed by atoms with Gasteiger partial charge in [0.15, 0.2) is 0 Å². The summed E-state index contributed by atoms with van der Waals surface area (Å²) in [6.07, 6.45) is 2.10. The molecule has 2 rings (SSSR count). The van der Waals surface area contributed by atoms with Gasteiger partial charge in [0.05, 0.1) is 10.8 Å². The molecule has 0 unspecified atom stereocenters. The SMILES string of the molecule is CCOc1ccc(-c2ccc(SC)s2)cc1. The van der Waals surface area contributed by atoms with Crippen LogP contribution in [-0.2, 0) is 0 Å². The molecule has 0 atom stereocenters. The van der Waals surface area contributed by atoms with Gasteiger partial charge in [0, 0.05) is 4.88 Å². The molecular weight excluding hydrogens is 236 g/mol. The number of rotatable bonds is 4. The van der Waals surface area contributed by atoms with Crippen LogP contribution < -0.4 is 4.74 Å². The largest absolute Gasteiger partial charge is 0.494 e. The molecule has 0 spiro atoms. The third kappa shape index (κ3) is 2.60. The van der Waals surface area contributed by atoms with Crippen LogP contribution in [0.25, 0.3) is 10.4 Å². The molecule has 0 N–H and O–H groups in total. The van der Waals surface area contributed by atoms with Crippen LogP contribution in [0.3, 0.4) is 0 Å². The second-order valence-electron chi connectivity index (χ2n) is 3.28. The molecule has 0 saturated heterocycles. The molecule has 0 saturated carbocycles. The van der Waals surface area contributed by atoms with E-state index in [1.807, 2.05) is 30.4 Å². The highest BCUT2D eigenvalue weighted by atomic mass is 32.2. The normalized spacial score (nSPS) is 10.4. The zero-order chi connectivity index (χ0) is 11.4. The first kappa shape index (κ1) is 11.6. The molecule has 0 amide bonds. The van der Waals surface area contributed by atoms with E-state index in [1.54, 1.807) is 11.8 Å². The molecule has 84 valence electrons. The van der Waals surface area contributed by atoms with E-state index in [4.69, 9.17) is 4.74 Å². The number of hydrogen-bond donors (Lipinski definition) is 0. The quantitative estimate of drug-likeness (QED) is 0.737. The average Bonchev–Trinajstić information content (AvgIpc) is 2.79. The Morgan fingerprint density at radius 1 is 1.12 bits per heavy atom. The number of thioether (sulfide) groups is 1. The van der Waals surface area contributed by atoms with Crippen molar-refractivity contribution in [2.45, 2.75) is 11.1 Å². The topological polar surface area (TPSA) is 9.23 Å². The lowest BCUT2D eigenvalue weighted by Gasteiger charge is -2.03. The Labute approximate surface area is 104 Å². The van der Waals surface area contributed by atoms with Gasteiger partial charge in [-0.15, -0.1) is 23.1 Å². The molecule has 0 bridgehead atoms. The van der Waals surface area contributed by atoms with Crippen molar-refractivity contribution < 1.29 is 4.74 Å². The third-order valence-electron chi connectivity index (χ3n) is 2.23. The number of hydrogen-bond acceptors (Lipinski definition) is 3. The van der Waals surface area contributed by atoms with Gasteiger partial charge in [0.25, 0.3) is 0 Å². The van der Waals surface area contributed by atoms with Crippen molar-refractivity contribution in [2.24, 2.45) is 0 Å². The lowest BCUT2D eigenvalue weighted by molar-refractivity contribution is 0.340. The highest BCUT2D eigenvalue weighted by Crippen LogP contribution is 2.33. The van der Waals surface area contributed by atoms with Gasteiger partial charge in [-0.3, -0.25) is 0 Å². The third-order valence-corrected chi connectivity index (χ3v) is 4.45. The highest BCUT2D eigenvalue weighted by Gasteiger charge is 2.02. The van der Waals surface area contributed by atoms with Gasteiger partial charge in [-0.25, -0.2) is 0 Å². The van der Waals surface area contributed by atoms with Crippen LogP contribution in [0.15, 0.2) is 40.6 Å². The van der Waals surface area contributed by atoms with Crippen LogP contribution in [0.1, 0.15) is 6.92 Å². The van der Waals surface area contributed by atoms with E-state index in [1.165, 1.54) is 14.6 Å². The fraction of sp³-hybridized carbons (Fsp3) is 0.231. The number of benzene rings is 1. The molecule has 16 heavy (non-hydrogen) atoms. The van der Waals surface area contributed by atoms with Gasteiger partial charge in [-0.2, -0.15) is 0 Å². The Morgan fingerprint density at radius 2 is 1.88 bits per heavy atom. The Morgan fingerprint density at radius 3 is 2.44 bits per heavy atom. The summed E-state index contributed by atoms with van der Waals surface area (Å²) >= 11 is 3.62.